The number of ether oxygens (including phenoxy) is 1. The summed E-state index contributed by atoms with van der Waals surface area (Å²) in [7, 11) is 0. The molecule has 1 aromatic carbocycles. The fraction of sp³-hybridized carbons (Fsp3) is 0.455. The van der Waals surface area contributed by atoms with E-state index in [-0.39, 0.29) is 5.82 Å². The number of rotatable bonds is 4. The summed E-state index contributed by atoms with van der Waals surface area (Å²) >= 11 is 3.38. The zero-order valence-corrected chi connectivity index (χ0v) is 9.97. The minimum absolute atomic E-state index is 0.219. The van der Waals surface area contributed by atoms with Crippen LogP contribution in [0.15, 0.2) is 18.2 Å². The van der Waals surface area contributed by atoms with Crippen molar-refractivity contribution in [2.24, 2.45) is 5.92 Å². The molecule has 0 aliphatic rings. The van der Waals surface area contributed by atoms with Gasteiger partial charge >= 0.3 is 0 Å². The van der Waals surface area contributed by atoms with Gasteiger partial charge in [0.1, 0.15) is 11.6 Å². The molecule has 1 nitrogen and oxygen atoms in total. The molecular weight excluding hydrogens is 247 g/mol. The van der Waals surface area contributed by atoms with Gasteiger partial charge in [0.25, 0.3) is 0 Å². The van der Waals surface area contributed by atoms with Gasteiger partial charge in [-0.15, -0.1) is 0 Å². The smallest absolute Gasteiger partial charge is 0.123 e. The molecule has 14 heavy (non-hydrogen) atoms. The third kappa shape index (κ3) is 3.29. The number of hydrogen-bond acceptors (Lipinski definition) is 1. The Morgan fingerprint density at radius 3 is 2.79 bits per heavy atom. The molecule has 1 aromatic rings. The number of halogens is 2. The van der Waals surface area contributed by atoms with E-state index in [1.807, 2.05) is 6.92 Å². The van der Waals surface area contributed by atoms with E-state index in [1.165, 1.54) is 12.1 Å². The minimum atomic E-state index is -0.219. The summed E-state index contributed by atoms with van der Waals surface area (Å²) in [6.07, 6.45) is 0. The molecule has 0 heterocycles. The van der Waals surface area contributed by atoms with Crippen LogP contribution in [0.4, 0.5) is 4.39 Å². The Morgan fingerprint density at radius 1 is 1.50 bits per heavy atom. The summed E-state index contributed by atoms with van der Waals surface area (Å²) in [6, 6.07) is 4.57. The van der Waals surface area contributed by atoms with Gasteiger partial charge in [-0.1, -0.05) is 22.9 Å². The summed E-state index contributed by atoms with van der Waals surface area (Å²) in [4.78, 5) is 0. The molecule has 3 heteroatoms. The SMILES string of the molecule is Cc1cc(F)ccc1OC[C@@H](C)CBr. The third-order valence-electron chi connectivity index (χ3n) is 1.92. The second-order valence-corrected chi connectivity index (χ2v) is 4.13. The fourth-order valence-electron chi connectivity index (χ4n) is 1.05. The molecule has 0 bridgehead atoms. The van der Waals surface area contributed by atoms with Crippen molar-refractivity contribution in [2.75, 3.05) is 11.9 Å². The van der Waals surface area contributed by atoms with E-state index in [2.05, 4.69) is 22.9 Å². The van der Waals surface area contributed by atoms with E-state index < -0.39 is 0 Å². The van der Waals surface area contributed by atoms with Crippen LogP contribution < -0.4 is 4.74 Å². The highest BCUT2D eigenvalue weighted by molar-refractivity contribution is 9.09. The van der Waals surface area contributed by atoms with Gasteiger partial charge in [-0.2, -0.15) is 0 Å². The summed E-state index contributed by atoms with van der Waals surface area (Å²) < 4.78 is 18.3. The van der Waals surface area contributed by atoms with E-state index >= 15 is 0 Å². The molecule has 0 N–H and O–H groups in total. The van der Waals surface area contributed by atoms with Crippen LogP contribution in [0.1, 0.15) is 12.5 Å². The topological polar surface area (TPSA) is 9.23 Å². The lowest BCUT2D eigenvalue weighted by Gasteiger charge is -2.12. The molecule has 0 fully saturated rings. The Hall–Kier alpha value is -0.570. The first kappa shape index (κ1) is 11.5. The van der Waals surface area contributed by atoms with Crippen LogP contribution in [0, 0.1) is 18.7 Å². The van der Waals surface area contributed by atoms with Crippen molar-refractivity contribution in [3.8, 4) is 5.75 Å². The van der Waals surface area contributed by atoms with E-state index in [1.54, 1.807) is 6.07 Å². The first-order valence-corrected chi connectivity index (χ1v) is 5.70. The van der Waals surface area contributed by atoms with Gasteiger partial charge in [0.15, 0.2) is 0 Å². The predicted octanol–water partition coefficient (Wildman–Crippen LogP) is 3.54. The molecule has 0 radical (unpaired) electrons. The van der Waals surface area contributed by atoms with Crippen molar-refractivity contribution < 1.29 is 9.13 Å². The minimum Gasteiger partial charge on any atom is -0.493 e. The molecular formula is C11H14BrFO. The Labute approximate surface area is 92.4 Å². The van der Waals surface area contributed by atoms with Gasteiger partial charge in [0, 0.05) is 5.33 Å². The maximum atomic E-state index is 12.7. The third-order valence-corrected chi connectivity index (χ3v) is 3.03. The summed E-state index contributed by atoms with van der Waals surface area (Å²) in [5.41, 5.74) is 0.840. The lowest BCUT2D eigenvalue weighted by Crippen LogP contribution is -2.10. The molecule has 1 atom stereocenters. The monoisotopic (exact) mass is 260 g/mol. The first-order chi connectivity index (χ1) is 6.63. The molecule has 0 unspecified atom stereocenters. The summed E-state index contributed by atoms with van der Waals surface area (Å²) in [5, 5.41) is 0.910. The van der Waals surface area contributed by atoms with Crippen LogP contribution in [-0.4, -0.2) is 11.9 Å². The van der Waals surface area contributed by atoms with Crippen LogP contribution in [0.5, 0.6) is 5.75 Å². The van der Waals surface area contributed by atoms with E-state index in [4.69, 9.17) is 4.74 Å². The lowest BCUT2D eigenvalue weighted by atomic mass is 10.2. The largest absolute Gasteiger partial charge is 0.493 e. The molecule has 78 valence electrons. The molecule has 0 saturated heterocycles. The zero-order valence-electron chi connectivity index (χ0n) is 8.39. The van der Waals surface area contributed by atoms with Gasteiger partial charge in [0.2, 0.25) is 0 Å². The van der Waals surface area contributed by atoms with Crippen molar-refractivity contribution in [3.05, 3.63) is 29.6 Å². The molecule has 0 aliphatic carbocycles. The second kappa shape index (κ2) is 5.35. The highest BCUT2D eigenvalue weighted by Gasteiger charge is 2.04. The fourth-order valence-corrected chi connectivity index (χ4v) is 1.24. The Kier molecular flexibility index (Phi) is 4.39. The maximum Gasteiger partial charge on any atom is 0.123 e. The van der Waals surface area contributed by atoms with Crippen LogP contribution in [0.2, 0.25) is 0 Å². The van der Waals surface area contributed by atoms with Crippen molar-refractivity contribution in [2.45, 2.75) is 13.8 Å². The standard InChI is InChI=1S/C11H14BrFO/c1-8(6-12)7-14-11-4-3-10(13)5-9(11)2/h3-5,8H,6-7H2,1-2H3/t8-/m0/s1. The lowest BCUT2D eigenvalue weighted by molar-refractivity contribution is 0.272. The number of hydrogen-bond donors (Lipinski definition) is 0. The van der Waals surface area contributed by atoms with E-state index in [9.17, 15) is 4.39 Å². The van der Waals surface area contributed by atoms with Crippen molar-refractivity contribution in [1.29, 1.82) is 0 Å². The summed E-state index contributed by atoms with van der Waals surface area (Å²) in [6.45, 7) is 4.59. The highest BCUT2D eigenvalue weighted by Crippen LogP contribution is 2.19. The normalized spacial score (nSPS) is 12.6. The van der Waals surface area contributed by atoms with Crippen molar-refractivity contribution in [3.63, 3.8) is 0 Å². The van der Waals surface area contributed by atoms with Gasteiger partial charge in [-0.25, -0.2) is 4.39 Å². The van der Waals surface area contributed by atoms with Crippen molar-refractivity contribution >= 4 is 15.9 Å². The van der Waals surface area contributed by atoms with E-state index in [0.29, 0.717) is 12.5 Å². The van der Waals surface area contributed by atoms with E-state index in [0.717, 1.165) is 16.6 Å². The Bertz CT molecular complexity index is 301. The number of benzene rings is 1. The van der Waals surface area contributed by atoms with Crippen molar-refractivity contribution in [1.82, 2.24) is 0 Å². The zero-order chi connectivity index (χ0) is 10.6. The molecule has 0 aromatic heterocycles. The highest BCUT2D eigenvalue weighted by atomic mass is 79.9. The molecule has 0 aliphatic heterocycles. The summed E-state index contributed by atoms with van der Waals surface area (Å²) in [5.74, 6) is 1.00. The van der Waals surface area contributed by atoms with Gasteiger partial charge in [-0.05, 0) is 36.6 Å². The molecule has 1 rings (SSSR count). The molecule has 0 spiro atoms. The Balaban J connectivity index is 2.59. The van der Waals surface area contributed by atoms with Gasteiger partial charge in [-0.3, -0.25) is 0 Å². The average Bonchev–Trinajstić information content (AvgIpc) is 2.16. The average molecular weight is 261 g/mol. The molecule has 0 saturated carbocycles. The predicted molar refractivity (Wildman–Crippen MR) is 59.6 cm³/mol. The molecule has 0 amide bonds. The number of aryl methyl sites for hydroxylation is 1. The van der Waals surface area contributed by atoms with Crippen LogP contribution in [-0.2, 0) is 0 Å². The van der Waals surface area contributed by atoms with Crippen LogP contribution in [0.3, 0.4) is 0 Å². The maximum absolute atomic E-state index is 12.7. The quantitative estimate of drug-likeness (QED) is 0.753. The van der Waals surface area contributed by atoms with Crippen LogP contribution in [0.25, 0.3) is 0 Å². The Morgan fingerprint density at radius 2 is 2.21 bits per heavy atom. The number of alkyl halides is 1. The van der Waals surface area contributed by atoms with Crippen LogP contribution >= 0.6 is 15.9 Å². The second-order valence-electron chi connectivity index (χ2n) is 3.48. The first-order valence-electron chi connectivity index (χ1n) is 4.58. The van der Waals surface area contributed by atoms with Gasteiger partial charge < -0.3 is 4.74 Å². The van der Waals surface area contributed by atoms with Gasteiger partial charge in [0.05, 0.1) is 6.61 Å².